The average Bonchev–Trinajstić information content (AvgIpc) is 3.23. The summed E-state index contributed by atoms with van der Waals surface area (Å²) < 4.78 is 16.1. The molecule has 1 aromatic heterocycles. The van der Waals surface area contributed by atoms with Crippen LogP contribution < -0.4 is 14.2 Å². The second-order valence-electron chi connectivity index (χ2n) is 7.12. The van der Waals surface area contributed by atoms with Crippen molar-refractivity contribution < 1.29 is 19.0 Å². The van der Waals surface area contributed by atoms with Crippen LogP contribution >= 0.6 is 11.6 Å². The third kappa shape index (κ3) is 3.88. The Kier molecular flexibility index (Phi) is 5.69. The maximum absolute atomic E-state index is 12.4. The maximum atomic E-state index is 12.4. The van der Waals surface area contributed by atoms with Crippen molar-refractivity contribution in [2.75, 3.05) is 21.3 Å². The Labute approximate surface area is 185 Å². The van der Waals surface area contributed by atoms with Crippen LogP contribution in [0.1, 0.15) is 30.5 Å². The summed E-state index contributed by atoms with van der Waals surface area (Å²) in [5.74, 6) is 1.82. The summed E-state index contributed by atoms with van der Waals surface area (Å²) in [6.07, 6.45) is 0.478. The SMILES string of the molecule is COc1ccc(C2=NN(C(C)=O)[C@H](c3cc4ccc(OC)cc4nc3Cl)C2)c(OC)c1. The van der Waals surface area contributed by atoms with Gasteiger partial charge in [0, 0.05) is 42.0 Å². The Hall–Kier alpha value is -3.32. The molecular formula is C23H22ClN3O4. The highest BCUT2D eigenvalue weighted by Gasteiger charge is 2.34. The number of fused-ring (bicyclic) bond motifs is 1. The fourth-order valence-electron chi connectivity index (χ4n) is 3.74. The highest BCUT2D eigenvalue weighted by Crippen LogP contribution is 2.39. The van der Waals surface area contributed by atoms with E-state index in [0.29, 0.717) is 28.8 Å². The van der Waals surface area contributed by atoms with Crippen molar-refractivity contribution in [3.8, 4) is 17.2 Å². The summed E-state index contributed by atoms with van der Waals surface area (Å²) >= 11 is 6.56. The Morgan fingerprint density at radius 3 is 2.42 bits per heavy atom. The third-order valence-corrected chi connectivity index (χ3v) is 5.62. The number of benzene rings is 2. The molecule has 0 saturated carbocycles. The maximum Gasteiger partial charge on any atom is 0.240 e. The lowest BCUT2D eigenvalue weighted by Crippen LogP contribution is -2.24. The fraction of sp³-hybridized carbons (Fsp3) is 0.261. The molecule has 4 rings (SSSR count). The Balaban J connectivity index is 1.75. The van der Waals surface area contributed by atoms with Crippen LogP contribution in [0.2, 0.25) is 5.15 Å². The molecule has 1 aliphatic rings. The van der Waals surface area contributed by atoms with Crippen molar-refractivity contribution in [1.82, 2.24) is 9.99 Å². The molecule has 3 aromatic rings. The Morgan fingerprint density at radius 2 is 1.74 bits per heavy atom. The number of hydrogen-bond acceptors (Lipinski definition) is 6. The molecule has 160 valence electrons. The van der Waals surface area contributed by atoms with Gasteiger partial charge in [0.05, 0.1) is 38.6 Å². The molecule has 1 amide bonds. The summed E-state index contributed by atoms with van der Waals surface area (Å²) in [5, 5.41) is 7.29. The van der Waals surface area contributed by atoms with Crippen molar-refractivity contribution in [3.05, 3.63) is 58.7 Å². The van der Waals surface area contributed by atoms with Crippen LogP contribution in [0.5, 0.6) is 17.2 Å². The minimum atomic E-state index is -0.370. The van der Waals surface area contributed by atoms with Gasteiger partial charge in [0.15, 0.2) is 0 Å². The number of methoxy groups -OCH3 is 3. The first-order chi connectivity index (χ1) is 14.9. The number of aromatic nitrogens is 1. The lowest BCUT2D eigenvalue weighted by molar-refractivity contribution is -0.130. The van der Waals surface area contributed by atoms with Gasteiger partial charge in [0.25, 0.3) is 0 Å². The number of rotatable bonds is 5. The number of hydrogen-bond donors (Lipinski definition) is 0. The molecular weight excluding hydrogens is 418 g/mol. The van der Waals surface area contributed by atoms with E-state index in [-0.39, 0.29) is 11.9 Å². The van der Waals surface area contributed by atoms with Gasteiger partial charge in [-0.1, -0.05) is 11.6 Å². The van der Waals surface area contributed by atoms with Gasteiger partial charge in [-0.25, -0.2) is 9.99 Å². The lowest BCUT2D eigenvalue weighted by atomic mass is 9.97. The van der Waals surface area contributed by atoms with Crippen LogP contribution in [-0.2, 0) is 4.79 Å². The van der Waals surface area contributed by atoms with Crippen LogP contribution in [0.15, 0.2) is 47.6 Å². The summed E-state index contributed by atoms with van der Waals surface area (Å²) in [7, 11) is 4.79. The van der Waals surface area contributed by atoms with Crippen LogP contribution in [0.4, 0.5) is 0 Å². The fourth-order valence-corrected chi connectivity index (χ4v) is 4.01. The molecule has 0 aliphatic carbocycles. The summed E-state index contributed by atoms with van der Waals surface area (Å²) in [6.45, 7) is 1.48. The lowest BCUT2D eigenvalue weighted by Gasteiger charge is -2.21. The van der Waals surface area contributed by atoms with E-state index in [4.69, 9.17) is 25.8 Å². The Bertz CT molecular complexity index is 1190. The van der Waals surface area contributed by atoms with Gasteiger partial charge in [0.2, 0.25) is 5.91 Å². The number of carbonyl (C=O) groups excluding carboxylic acids is 1. The predicted octanol–water partition coefficient (Wildman–Crippen LogP) is 4.61. The molecule has 2 heterocycles. The number of hydrazone groups is 1. The number of nitrogens with zero attached hydrogens (tertiary/aromatic N) is 3. The number of ether oxygens (including phenoxy) is 3. The molecule has 0 N–H and O–H groups in total. The van der Waals surface area contributed by atoms with E-state index >= 15 is 0 Å². The van der Waals surface area contributed by atoms with Gasteiger partial charge in [-0.05, 0) is 30.3 Å². The quantitative estimate of drug-likeness (QED) is 0.543. The van der Waals surface area contributed by atoms with Crippen molar-refractivity contribution >= 4 is 34.1 Å². The number of halogens is 1. The molecule has 2 aromatic carbocycles. The molecule has 31 heavy (non-hydrogen) atoms. The molecule has 1 atom stereocenters. The van der Waals surface area contributed by atoms with Crippen LogP contribution in [0.25, 0.3) is 10.9 Å². The predicted molar refractivity (Wildman–Crippen MR) is 119 cm³/mol. The second kappa shape index (κ2) is 8.43. The zero-order valence-corrected chi connectivity index (χ0v) is 18.4. The second-order valence-corrected chi connectivity index (χ2v) is 7.48. The zero-order chi connectivity index (χ0) is 22.1. The van der Waals surface area contributed by atoms with E-state index < -0.39 is 0 Å². The minimum absolute atomic E-state index is 0.182. The highest BCUT2D eigenvalue weighted by atomic mass is 35.5. The molecule has 7 nitrogen and oxygen atoms in total. The summed E-state index contributed by atoms with van der Waals surface area (Å²) in [6, 6.07) is 12.7. The molecule has 0 bridgehead atoms. The molecule has 0 unspecified atom stereocenters. The van der Waals surface area contributed by atoms with E-state index in [2.05, 4.69) is 10.1 Å². The van der Waals surface area contributed by atoms with E-state index in [0.717, 1.165) is 27.7 Å². The van der Waals surface area contributed by atoms with E-state index in [1.165, 1.54) is 11.9 Å². The van der Waals surface area contributed by atoms with Gasteiger partial charge >= 0.3 is 0 Å². The van der Waals surface area contributed by atoms with Gasteiger partial charge < -0.3 is 14.2 Å². The normalized spacial score (nSPS) is 15.7. The first-order valence-corrected chi connectivity index (χ1v) is 10.1. The first-order valence-electron chi connectivity index (χ1n) is 9.69. The first kappa shape index (κ1) is 20.9. The van der Waals surface area contributed by atoms with E-state index in [9.17, 15) is 4.79 Å². The van der Waals surface area contributed by atoms with E-state index in [1.807, 2.05) is 36.4 Å². The molecule has 0 saturated heterocycles. The molecule has 0 spiro atoms. The van der Waals surface area contributed by atoms with Gasteiger partial charge in [0.1, 0.15) is 22.4 Å². The van der Waals surface area contributed by atoms with Gasteiger partial charge in [-0.15, -0.1) is 0 Å². The standard InChI is InChI=1S/C23H22ClN3O4/c1-13(28)27-21(12-20(26-27)17-8-7-16(30-3)11-22(17)31-4)18-9-14-5-6-15(29-2)10-19(14)25-23(18)24/h5-11,21H,12H2,1-4H3/t21-/m0/s1. The molecule has 0 radical (unpaired) electrons. The van der Waals surface area contributed by atoms with Crippen LogP contribution in [0, 0.1) is 0 Å². The van der Waals surface area contributed by atoms with Gasteiger partial charge in [-0.3, -0.25) is 4.79 Å². The zero-order valence-electron chi connectivity index (χ0n) is 17.7. The van der Waals surface area contributed by atoms with Crippen molar-refractivity contribution in [2.24, 2.45) is 5.10 Å². The summed E-state index contributed by atoms with van der Waals surface area (Å²) in [4.78, 5) is 16.9. The summed E-state index contributed by atoms with van der Waals surface area (Å²) in [5.41, 5.74) is 2.98. The molecule has 1 aliphatic heterocycles. The number of amides is 1. The third-order valence-electron chi connectivity index (χ3n) is 5.32. The smallest absolute Gasteiger partial charge is 0.240 e. The van der Waals surface area contributed by atoms with Crippen molar-refractivity contribution in [2.45, 2.75) is 19.4 Å². The number of pyridine rings is 1. The van der Waals surface area contributed by atoms with E-state index in [1.54, 1.807) is 27.4 Å². The molecule has 8 heteroatoms. The van der Waals surface area contributed by atoms with Crippen LogP contribution in [-0.4, -0.2) is 42.9 Å². The topological polar surface area (TPSA) is 73.2 Å². The van der Waals surface area contributed by atoms with Crippen molar-refractivity contribution in [3.63, 3.8) is 0 Å². The average molecular weight is 440 g/mol. The van der Waals surface area contributed by atoms with Crippen LogP contribution in [0.3, 0.4) is 0 Å². The van der Waals surface area contributed by atoms with Gasteiger partial charge in [-0.2, -0.15) is 5.10 Å². The van der Waals surface area contributed by atoms with Crippen molar-refractivity contribution in [1.29, 1.82) is 0 Å². The Morgan fingerprint density at radius 1 is 1.03 bits per heavy atom. The largest absolute Gasteiger partial charge is 0.497 e. The molecule has 0 fully saturated rings. The minimum Gasteiger partial charge on any atom is -0.497 e. The monoisotopic (exact) mass is 439 g/mol. The number of carbonyl (C=O) groups is 1. The highest BCUT2D eigenvalue weighted by molar-refractivity contribution is 6.30.